The lowest BCUT2D eigenvalue weighted by Gasteiger charge is -2.29. The lowest BCUT2D eigenvalue weighted by molar-refractivity contribution is -0.117. The number of nitrogens with zero attached hydrogens (tertiary/aromatic N) is 1. The molecule has 0 aromatic heterocycles. The number of hydrogen-bond acceptors (Lipinski definition) is 2. The molecule has 0 fully saturated rings. The first-order chi connectivity index (χ1) is 8.70. The molecule has 2 heteroatoms. The number of carbonyl (C=O) groups is 1. The first-order valence-corrected chi connectivity index (χ1v) is 6.10. The van der Waals surface area contributed by atoms with Crippen molar-refractivity contribution in [2.45, 2.75) is 19.9 Å². The summed E-state index contributed by atoms with van der Waals surface area (Å²) in [4.78, 5) is 13.7. The Morgan fingerprint density at radius 1 is 0.889 bits per heavy atom. The minimum Gasteiger partial charge on any atom is -0.331 e. The molecule has 0 saturated heterocycles. The van der Waals surface area contributed by atoms with Crippen molar-refractivity contribution in [2.75, 3.05) is 4.90 Å². The molecule has 1 atom stereocenters. The van der Waals surface area contributed by atoms with E-state index in [4.69, 9.17) is 0 Å². The molecule has 2 rings (SSSR count). The minimum atomic E-state index is -0.171. The van der Waals surface area contributed by atoms with E-state index in [1.807, 2.05) is 67.6 Å². The van der Waals surface area contributed by atoms with Gasteiger partial charge in [-0.15, -0.1) is 0 Å². The standard InChI is InChI=1S/C16H17NO/c1-13(14(2)18)17(15-9-5-3-6-10-15)16-11-7-4-8-12-16/h3-13H,1-2H3. The predicted molar refractivity (Wildman–Crippen MR) is 75.2 cm³/mol. The normalized spacial score (nSPS) is 11.9. The van der Waals surface area contributed by atoms with Crippen LogP contribution >= 0.6 is 0 Å². The largest absolute Gasteiger partial charge is 0.331 e. The number of benzene rings is 2. The van der Waals surface area contributed by atoms with Crippen molar-refractivity contribution in [3.8, 4) is 0 Å². The summed E-state index contributed by atoms with van der Waals surface area (Å²) >= 11 is 0. The summed E-state index contributed by atoms with van der Waals surface area (Å²) in [6, 6.07) is 19.8. The lowest BCUT2D eigenvalue weighted by Crippen LogP contribution is -2.34. The van der Waals surface area contributed by atoms with Gasteiger partial charge in [0.25, 0.3) is 0 Å². The Morgan fingerprint density at radius 3 is 1.61 bits per heavy atom. The van der Waals surface area contributed by atoms with Crippen LogP contribution < -0.4 is 4.90 Å². The molecule has 0 N–H and O–H groups in total. The highest BCUT2D eigenvalue weighted by molar-refractivity contribution is 5.87. The Bertz CT molecular complexity index is 468. The van der Waals surface area contributed by atoms with Crippen LogP contribution in [0, 0.1) is 0 Å². The van der Waals surface area contributed by atoms with Gasteiger partial charge in [0.2, 0.25) is 0 Å². The molecule has 0 saturated carbocycles. The molecule has 1 unspecified atom stereocenters. The van der Waals surface area contributed by atoms with Gasteiger partial charge in [0.1, 0.15) is 0 Å². The average molecular weight is 239 g/mol. The van der Waals surface area contributed by atoms with Crippen molar-refractivity contribution in [3.63, 3.8) is 0 Å². The molecule has 2 aromatic carbocycles. The van der Waals surface area contributed by atoms with Crippen LogP contribution in [0.5, 0.6) is 0 Å². The van der Waals surface area contributed by atoms with Crippen LogP contribution in [0.2, 0.25) is 0 Å². The highest BCUT2D eigenvalue weighted by Crippen LogP contribution is 2.27. The number of Topliss-reactive ketones (excluding diaryl/α,β-unsaturated/α-hetero) is 1. The van der Waals surface area contributed by atoms with E-state index in [1.165, 1.54) is 0 Å². The van der Waals surface area contributed by atoms with Gasteiger partial charge in [0.15, 0.2) is 5.78 Å². The van der Waals surface area contributed by atoms with Gasteiger partial charge in [-0.1, -0.05) is 36.4 Å². The molecular formula is C16H17NO. The quantitative estimate of drug-likeness (QED) is 0.808. The first-order valence-electron chi connectivity index (χ1n) is 6.10. The fourth-order valence-corrected chi connectivity index (χ4v) is 1.96. The minimum absolute atomic E-state index is 0.155. The molecule has 0 radical (unpaired) electrons. The summed E-state index contributed by atoms with van der Waals surface area (Å²) in [6.07, 6.45) is 0. The van der Waals surface area contributed by atoms with E-state index < -0.39 is 0 Å². The molecule has 0 heterocycles. The van der Waals surface area contributed by atoms with E-state index in [-0.39, 0.29) is 11.8 Å². The van der Waals surface area contributed by atoms with Crippen molar-refractivity contribution >= 4 is 17.2 Å². The van der Waals surface area contributed by atoms with Crippen molar-refractivity contribution in [1.29, 1.82) is 0 Å². The third kappa shape index (κ3) is 2.59. The molecule has 0 aliphatic rings. The van der Waals surface area contributed by atoms with Gasteiger partial charge in [-0.3, -0.25) is 4.79 Å². The predicted octanol–water partition coefficient (Wildman–Crippen LogP) is 3.80. The number of anilines is 2. The highest BCUT2D eigenvalue weighted by Gasteiger charge is 2.19. The maximum Gasteiger partial charge on any atom is 0.152 e. The fraction of sp³-hybridized carbons (Fsp3) is 0.188. The van der Waals surface area contributed by atoms with Gasteiger partial charge in [-0.2, -0.15) is 0 Å². The van der Waals surface area contributed by atoms with Crippen LogP contribution in [0.4, 0.5) is 11.4 Å². The van der Waals surface area contributed by atoms with Crippen LogP contribution in [-0.4, -0.2) is 11.8 Å². The number of hydrogen-bond donors (Lipinski definition) is 0. The Labute approximate surface area is 108 Å². The lowest BCUT2D eigenvalue weighted by atomic mass is 10.1. The van der Waals surface area contributed by atoms with Crippen molar-refractivity contribution in [1.82, 2.24) is 0 Å². The Kier molecular flexibility index (Phi) is 3.78. The summed E-state index contributed by atoms with van der Waals surface area (Å²) in [7, 11) is 0. The Hall–Kier alpha value is -2.09. The Balaban J connectivity index is 2.45. The zero-order valence-corrected chi connectivity index (χ0v) is 10.7. The summed E-state index contributed by atoms with van der Waals surface area (Å²) in [6.45, 7) is 3.56. The second-order valence-corrected chi connectivity index (χ2v) is 4.33. The van der Waals surface area contributed by atoms with E-state index in [0.29, 0.717) is 0 Å². The number of carbonyl (C=O) groups excluding carboxylic acids is 1. The first kappa shape index (κ1) is 12.4. The molecule has 0 aliphatic heterocycles. The molecule has 0 aliphatic carbocycles. The fourth-order valence-electron chi connectivity index (χ4n) is 1.96. The second-order valence-electron chi connectivity index (χ2n) is 4.33. The number of para-hydroxylation sites is 2. The van der Waals surface area contributed by atoms with Gasteiger partial charge in [0, 0.05) is 11.4 Å². The van der Waals surface area contributed by atoms with Gasteiger partial charge in [-0.25, -0.2) is 0 Å². The third-order valence-electron chi connectivity index (χ3n) is 3.04. The molecular weight excluding hydrogens is 222 g/mol. The van der Waals surface area contributed by atoms with E-state index >= 15 is 0 Å². The molecule has 0 bridgehead atoms. The number of ketones is 1. The SMILES string of the molecule is CC(=O)C(C)N(c1ccccc1)c1ccccc1. The van der Waals surface area contributed by atoms with E-state index in [1.54, 1.807) is 6.92 Å². The van der Waals surface area contributed by atoms with Crippen LogP contribution in [0.3, 0.4) is 0 Å². The van der Waals surface area contributed by atoms with Crippen LogP contribution in [0.1, 0.15) is 13.8 Å². The zero-order valence-electron chi connectivity index (χ0n) is 10.7. The second kappa shape index (κ2) is 5.50. The van der Waals surface area contributed by atoms with Crippen molar-refractivity contribution in [2.24, 2.45) is 0 Å². The number of rotatable bonds is 4. The molecule has 92 valence electrons. The third-order valence-corrected chi connectivity index (χ3v) is 3.04. The molecule has 18 heavy (non-hydrogen) atoms. The van der Waals surface area contributed by atoms with Crippen LogP contribution in [0.15, 0.2) is 60.7 Å². The van der Waals surface area contributed by atoms with E-state index in [2.05, 4.69) is 4.90 Å². The summed E-state index contributed by atoms with van der Waals surface area (Å²) < 4.78 is 0. The summed E-state index contributed by atoms with van der Waals surface area (Å²) in [5.74, 6) is 0.155. The smallest absolute Gasteiger partial charge is 0.152 e. The van der Waals surface area contributed by atoms with Gasteiger partial charge in [-0.05, 0) is 38.1 Å². The monoisotopic (exact) mass is 239 g/mol. The molecule has 2 aromatic rings. The van der Waals surface area contributed by atoms with E-state index in [0.717, 1.165) is 11.4 Å². The zero-order chi connectivity index (χ0) is 13.0. The average Bonchev–Trinajstić information content (AvgIpc) is 2.41. The summed E-state index contributed by atoms with van der Waals surface area (Å²) in [5.41, 5.74) is 2.07. The Morgan fingerprint density at radius 2 is 1.28 bits per heavy atom. The molecule has 2 nitrogen and oxygen atoms in total. The van der Waals surface area contributed by atoms with E-state index in [9.17, 15) is 4.79 Å². The maximum absolute atomic E-state index is 11.7. The van der Waals surface area contributed by atoms with Crippen molar-refractivity contribution in [3.05, 3.63) is 60.7 Å². The molecule has 0 amide bonds. The van der Waals surface area contributed by atoms with Crippen LogP contribution in [0.25, 0.3) is 0 Å². The maximum atomic E-state index is 11.7. The van der Waals surface area contributed by atoms with Gasteiger partial charge < -0.3 is 4.90 Å². The summed E-state index contributed by atoms with van der Waals surface area (Å²) in [5, 5.41) is 0. The topological polar surface area (TPSA) is 20.3 Å². The molecule has 0 spiro atoms. The van der Waals surface area contributed by atoms with Crippen molar-refractivity contribution < 1.29 is 4.79 Å². The highest BCUT2D eigenvalue weighted by atomic mass is 16.1. The van der Waals surface area contributed by atoms with Crippen LogP contribution in [-0.2, 0) is 4.79 Å². The van der Waals surface area contributed by atoms with Gasteiger partial charge in [0.05, 0.1) is 6.04 Å². The van der Waals surface area contributed by atoms with Gasteiger partial charge >= 0.3 is 0 Å².